The zero-order valence-corrected chi connectivity index (χ0v) is 34.6. The zero-order chi connectivity index (χ0) is 36.0. The van der Waals surface area contributed by atoms with Crippen LogP contribution in [0.15, 0.2) is 4.52 Å². The first-order valence-corrected chi connectivity index (χ1v) is 22.1. The number of methoxy groups -OCH3 is 2. The Bertz CT molecular complexity index is 1390. The molecular weight excluding hydrogens is 673 g/mol. The molecule has 1 aromatic carbocycles. The molecule has 0 saturated carbocycles. The summed E-state index contributed by atoms with van der Waals surface area (Å²) in [6.07, 6.45) is 0. The van der Waals surface area contributed by atoms with Gasteiger partial charge < -0.3 is 33.9 Å². The molecule has 11 nitrogen and oxygen atoms in total. The third kappa shape index (κ3) is 9.08. The van der Waals surface area contributed by atoms with Gasteiger partial charge in [0.25, 0.3) is 0 Å². The summed E-state index contributed by atoms with van der Waals surface area (Å²) in [6, 6.07) is 0. The second kappa shape index (κ2) is 16.9. The first-order valence-electron chi connectivity index (χ1n) is 16.1. The molecule has 1 aromatic heterocycles. The minimum Gasteiger partial charge on any atom is -0.543 e. The molecule has 47 heavy (non-hydrogen) atoms. The van der Waals surface area contributed by atoms with E-state index in [0.29, 0.717) is 46.0 Å². The SMILES string of the molecule is CCSC(NC(=O)C(S)c1nc(CN)no1)c1c(O[SiH](C)C(C)(C)C(C)C)c(O[SiH](C)C(C)(C)C(C)C)c(OC)c(C)c1C(=O)OC. The van der Waals surface area contributed by atoms with Gasteiger partial charge in [-0.1, -0.05) is 67.5 Å². The number of nitrogens with two attached hydrogens (primary N) is 1. The van der Waals surface area contributed by atoms with Crippen molar-refractivity contribution in [3.8, 4) is 17.2 Å². The Hall–Kier alpha value is -2.21. The van der Waals surface area contributed by atoms with Crippen LogP contribution in [-0.2, 0) is 16.1 Å². The number of ether oxygens (including phenoxy) is 2. The second-order valence-electron chi connectivity index (χ2n) is 13.6. The maximum absolute atomic E-state index is 13.8. The highest BCUT2D eigenvalue weighted by molar-refractivity contribution is 7.99. The van der Waals surface area contributed by atoms with Crippen molar-refractivity contribution in [2.45, 2.75) is 110 Å². The van der Waals surface area contributed by atoms with Crippen LogP contribution in [-0.4, -0.2) is 60.1 Å². The Morgan fingerprint density at radius 3 is 1.96 bits per heavy atom. The van der Waals surface area contributed by atoms with Crippen LogP contribution >= 0.6 is 24.4 Å². The Morgan fingerprint density at radius 1 is 1.00 bits per heavy atom. The second-order valence-corrected chi connectivity index (χ2v) is 21.5. The molecule has 1 heterocycles. The number of hydrogen-bond donors (Lipinski definition) is 3. The van der Waals surface area contributed by atoms with Crippen LogP contribution in [0.4, 0.5) is 0 Å². The van der Waals surface area contributed by atoms with E-state index in [4.69, 9.17) is 28.6 Å². The predicted molar refractivity (Wildman–Crippen MR) is 197 cm³/mol. The molecule has 0 aliphatic heterocycles. The Kier molecular flexibility index (Phi) is 14.8. The predicted octanol–water partition coefficient (Wildman–Crippen LogP) is 6.51. The number of carbonyl (C=O) groups excluding carboxylic acids is 2. The lowest BCUT2D eigenvalue weighted by molar-refractivity contribution is -0.121. The number of thioether (sulfide) groups is 1. The number of nitrogens with one attached hydrogen (secondary N) is 1. The van der Waals surface area contributed by atoms with Gasteiger partial charge >= 0.3 is 5.97 Å². The summed E-state index contributed by atoms with van der Waals surface area (Å²) < 4.78 is 30.7. The molecular formula is C32H56N4O7S2Si2. The van der Waals surface area contributed by atoms with E-state index in [0.717, 1.165) is 0 Å². The molecule has 3 N–H and O–H groups in total. The number of aromatic nitrogens is 2. The molecule has 2 aromatic rings. The van der Waals surface area contributed by atoms with E-state index >= 15 is 0 Å². The van der Waals surface area contributed by atoms with Crippen LogP contribution in [0.25, 0.3) is 0 Å². The Labute approximate surface area is 294 Å². The van der Waals surface area contributed by atoms with Gasteiger partial charge in [-0.25, -0.2) is 4.79 Å². The van der Waals surface area contributed by atoms with Gasteiger partial charge in [0.2, 0.25) is 29.9 Å². The lowest BCUT2D eigenvalue weighted by atomic mass is 9.98. The number of nitrogens with zero attached hydrogens (tertiary/aromatic N) is 2. The topological polar surface area (TPSA) is 148 Å². The maximum Gasteiger partial charge on any atom is 0.338 e. The van der Waals surface area contributed by atoms with Gasteiger partial charge in [0.15, 0.2) is 28.3 Å². The van der Waals surface area contributed by atoms with Crippen molar-refractivity contribution in [2.24, 2.45) is 17.6 Å². The summed E-state index contributed by atoms with van der Waals surface area (Å²) >= 11 is 5.93. The van der Waals surface area contributed by atoms with Gasteiger partial charge in [0, 0.05) is 11.1 Å². The van der Waals surface area contributed by atoms with Crippen LogP contribution in [0, 0.1) is 18.8 Å². The first-order chi connectivity index (χ1) is 21.8. The molecule has 15 heteroatoms. The fourth-order valence-corrected chi connectivity index (χ4v) is 9.40. The van der Waals surface area contributed by atoms with E-state index in [2.05, 4.69) is 96.6 Å². The molecule has 0 saturated heterocycles. The highest BCUT2D eigenvalue weighted by Crippen LogP contribution is 2.53. The van der Waals surface area contributed by atoms with Gasteiger partial charge in [-0.2, -0.15) is 17.6 Å². The van der Waals surface area contributed by atoms with Gasteiger partial charge in [0.1, 0.15) is 5.37 Å². The Balaban J connectivity index is 2.99. The highest BCUT2D eigenvalue weighted by atomic mass is 32.2. The number of hydrogen-bond acceptors (Lipinski definition) is 12. The monoisotopic (exact) mass is 728 g/mol. The number of carbonyl (C=O) groups is 2. The van der Waals surface area contributed by atoms with E-state index in [1.165, 1.54) is 18.9 Å². The smallest absolute Gasteiger partial charge is 0.338 e. The summed E-state index contributed by atoms with van der Waals surface area (Å²) in [5, 5.41) is 4.77. The number of rotatable bonds is 17. The van der Waals surface area contributed by atoms with Crippen LogP contribution in [0.5, 0.6) is 17.2 Å². The average Bonchev–Trinajstić information content (AvgIpc) is 3.50. The summed E-state index contributed by atoms with van der Waals surface area (Å²) in [7, 11) is -1.20. The van der Waals surface area contributed by atoms with Crippen molar-refractivity contribution >= 4 is 54.3 Å². The normalized spacial score (nSPS) is 14.9. The first kappa shape index (κ1) is 41.0. The van der Waals surface area contributed by atoms with Crippen molar-refractivity contribution in [2.75, 3.05) is 20.0 Å². The van der Waals surface area contributed by atoms with Crippen molar-refractivity contribution in [3.63, 3.8) is 0 Å². The van der Waals surface area contributed by atoms with Crippen molar-refractivity contribution in [1.82, 2.24) is 15.5 Å². The fourth-order valence-electron chi connectivity index (χ4n) is 4.65. The van der Waals surface area contributed by atoms with Crippen LogP contribution in [0.3, 0.4) is 0 Å². The largest absolute Gasteiger partial charge is 0.543 e. The zero-order valence-electron chi connectivity index (χ0n) is 30.6. The molecule has 0 fully saturated rings. The molecule has 266 valence electrons. The molecule has 2 rings (SSSR count). The molecule has 0 bridgehead atoms. The van der Waals surface area contributed by atoms with Gasteiger partial charge in [0.05, 0.1) is 26.3 Å². The maximum atomic E-state index is 13.8. The minimum atomic E-state index is -2.09. The van der Waals surface area contributed by atoms with E-state index in [-0.39, 0.29) is 33.9 Å². The molecule has 4 atom stereocenters. The quantitative estimate of drug-likeness (QED) is 0.0709. The van der Waals surface area contributed by atoms with Gasteiger partial charge in [-0.3, -0.25) is 4.79 Å². The highest BCUT2D eigenvalue weighted by Gasteiger charge is 2.41. The molecule has 1 amide bonds. The molecule has 0 aliphatic rings. The van der Waals surface area contributed by atoms with E-state index in [1.54, 1.807) is 14.0 Å². The van der Waals surface area contributed by atoms with Crippen molar-refractivity contribution in [3.05, 3.63) is 28.4 Å². The minimum absolute atomic E-state index is 0.0154. The molecule has 0 spiro atoms. The number of thiol groups is 1. The van der Waals surface area contributed by atoms with Crippen LogP contribution < -0.4 is 24.6 Å². The number of esters is 1. The standard InChI is InChI=1S/C32H56N4O7S2Si2/c1-15-45-29(35-27(37)26(44)28-34-20(16-33)36-41-28)22-21(30(38)40-12)19(6)23(39-11)25(43-47(14)32(9,10)18(4)5)24(22)42-46(13)31(7,8)17(2)3/h17-18,26,29,44,46-47H,15-16,33H2,1-14H3,(H,35,37). The fraction of sp³-hybridized carbons (Fsp3) is 0.688. The van der Waals surface area contributed by atoms with Crippen molar-refractivity contribution < 1.29 is 32.4 Å². The van der Waals surface area contributed by atoms with Gasteiger partial charge in [-0.15, -0.1) is 11.8 Å². The third-order valence-corrected chi connectivity index (χ3v) is 18.1. The van der Waals surface area contributed by atoms with E-state index < -0.39 is 40.6 Å². The van der Waals surface area contributed by atoms with Crippen LogP contribution in [0.1, 0.15) is 106 Å². The Morgan fingerprint density at radius 2 is 1.53 bits per heavy atom. The average molecular weight is 729 g/mol. The molecule has 4 unspecified atom stereocenters. The van der Waals surface area contributed by atoms with Crippen molar-refractivity contribution in [1.29, 1.82) is 0 Å². The lowest BCUT2D eigenvalue weighted by Gasteiger charge is -2.39. The molecule has 0 aliphatic carbocycles. The van der Waals surface area contributed by atoms with E-state index in [1.807, 2.05) is 6.92 Å². The molecule has 0 radical (unpaired) electrons. The third-order valence-electron chi connectivity index (χ3n) is 9.91. The summed E-state index contributed by atoms with van der Waals surface area (Å²) in [5.41, 5.74) is 6.88. The summed E-state index contributed by atoms with van der Waals surface area (Å²) in [5.74, 6) is 1.70. The number of amides is 1. The number of benzene rings is 1. The van der Waals surface area contributed by atoms with Crippen LogP contribution in [0.2, 0.25) is 23.2 Å². The van der Waals surface area contributed by atoms with E-state index in [9.17, 15) is 9.59 Å². The lowest BCUT2D eigenvalue weighted by Crippen LogP contribution is -2.38. The summed E-state index contributed by atoms with van der Waals surface area (Å²) in [6.45, 7) is 25.7. The summed E-state index contributed by atoms with van der Waals surface area (Å²) in [4.78, 5) is 31.6. The van der Waals surface area contributed by atoms with Gasteiger partial charge in [-0.05, 0) is 47.7 Å².